The van der Waals surface area contributed by atoms with Gasteiger partial charge < -0.3 is 14.5 Å². The normalized spacial score (nSPS) is 14.3. The third-order valence-electron chi connectivity index (χ3n) is 4.51. The number of benzene rings is 1. The SMILES string of the molecule is COc1cc(C)c(CN2CCc3c(nc(C)[nH]c3=O)C2)c(OC)c1. The minimum Gasteiger partial charge on any atom is -0.497 e. The van der Waals surface area contributed by atoms with Gasteiger partial charge in [0, 0.05) is 36.8 Å². The summed E-state index contributed by atoms with van der Waals surface area (Å²) in [4.78, 5) is 21.6. The number of ether oxygens (including phenoxy) is 2. The molecule has 128 valence electrons. The number of hydrogen-bond acceptors (Lipinski definition) is 5. The van der Waals surface area contributed by atoms with E-state index in [2.05, 4.69) is 21.8 Å². The lowest BCUT2D eigenvalue weighted by Gasteiger charge is -2.28. The van der Waals surface area contributed by atoms with Crippen molar-refractivity contribution < 1.29 is 9.47 Å². The van der Waals surface area contributed by atoms with Crippen LogP contribution in [-0.2, 0) is 19.5 Å². The van der Waals surface area contributed by atoms with Gasteiger partial charge in [-0.25, -0.2) is 4.98 Å². The van der Waals surface area contributed by atoms with Gasteiger partial charge in [0.1, 0.15) is 17.3 Å². The fourth-order valence-corrected chi connectivity index (χ4v) is 3.23. The molecule has 1 N–H and O–H groups in total. The summed E-state index contributed by atoms with van der Waals surface area (Å²) >= 11 is 0. The number of rotatable bonds is 4. The van der Waals surface area contributed by atoms with Crippen LogP contribution in [0.4, 0.5) is 0 Å². The number of aromatic amines is 1. The van der Waals surface area contributed by atoms with Crippen molar-refractivity contribution in [3.63, 3.8) is 0 Å². The highest BCUT2D eigenvalue weighted by atomic mass is 16.5. The third kappa shape index (κ3) is 3.14. The Bertz CT molecular complexity index is 814. The van der Waals surface area contributed by atoms with Gasteiger partial charge in [0.2, 0.25) is 0 Å². The zero-order valence-electron chi connectivity index (χ0n) is 14.6. The lowest BCUT2D eigenvalue weighted by atomic mass is 10.0. The van der Waals surface area contributed by atoms with E-state index in [0.29, 0.717) is 12.4 Å². The first-order chi connectivity index (χ1) is 11.5. The van der Waals surface area contributed by atoms with Crippen LogP contribution in [0.1, 0.15) is 28.2 Å². The maximum absolute atomic E-state index is 12.0. The molecule has 0 spiro atoms. The van der Waals surface area contributed by atoms with Crippen molar-refractivity contribution >= 4 is 0 Å². The van der Waals surface area contributed by atoms with E-state index in [9.17, 15) is 4.79 Å². The second kappa shape index (κ2) is 6.65. The molecule has 6 heteroatoms. The molecule has 24 heavy (non-hydrogen) atoms. The molecule has 2 aromatic rings. The van der Waals surface area contributed by atoms with Crippen LogP contribution in [-0.4, -0.2) is 35.6 Å². The molecule has 3 rings (SSSR count). The average Bonchev–Trinajstić information content (AvgIpc) is 2.55. The van der Waals surface area contributed by atoms with Crippen LogP contribution >= 0.6 is 0 Å². The molecule has 2 heterocycles. The summed E-state index contributed by atoms with van der Waals surface area (Å²) < 4.78 is 10.9. The van der Waals surface area contributed by atoms with Crippen LogP contribution in [0.25, 0.3) is 0 Å². The Morgan fingerprint density at radius 2 is 2.04 bits per heavy atom. The van der Waals surface area contributed by atoms with Crippen molar-refractivity contribution in [3.05, 3.63) is 50.7 Å². The van der Waals surface area contributed by atoms with Gasteiger partial charge in [-0.05, 0) is 31.9 Å². The Balaban J connectivity index is 1.86. The summed E-state index contributed by atoms with van der Waals surface area (Å²) in [6.07, 6.45) is 0.718. The summed E-state index contributed by atoms with van der Waals surface area (Å²) in [5.41, 5.74) is 3.97. The van der Waals surface area contributed by atoms with E-state index in [4.69, 9.17) is 9.47 Å². The first kappa shape index (κ1) is 16.5. The third-order valence-corrected chi connectivity index (χ3v) is 4.51. The Hall–Kier alpha value is -2.34. The highest BCUT2D eigenvalue weighted by molar-refractivity contribution is 5.46. The Labute approximate surface area is 141 Å². The molecular formula is C18H23N3O3. The number of fused-ring (bicyclic) bond motifs is 1. The lowest BCUT2D eigenvalue weighted by molar-refractivity contribution is 0.236. The highest BCUT2D eigenvalue weighted by Gasteiger charge is 2.22. The number of nitrogens with one attached hydrogen (secondary N) is 1. The van der Waals surface area contributed by atoms with E-state index >= 15 is 0 Å². The summed E-state index contributed by atoms with van der Waals surface area (Å²) in [6, 6.07) is 3.93. The number of methoxy groups -OCH3 is 2. The topological polar surface area (TPSA) is 67.5 Å². The van der Waals surface area contributed by atoms with E-state index in [1.165, 1.54) is 0 Å². The first-order valence-corrected chi connectivity index (χ1v) is 8.04. The summed E-state index contributed by atoms with van der Waals surface area (Å²) in [5, 5.41) is 0. The molecule has 0 saturated carbocycles. The molecule has 6 nitrogen and oxygen atoms in total. The molecule has 0 unspecified atom stereocenters. The molecule has 1 aromatic carbocycles. The van der Waals surface area contributed by atoms with Crippen LogP contribution in [0.15, 0.2) is 16.9 Å². The smallest absolute Gasteiger partial charge is 0.254 e. The van der Waals surface area contributed by atoms with E-state index < -0.39 is 0 Å². The molecule has 1 aromatic heterocycles. The van der Waals surface area contributed by atoms with Crippen LogP contribution in [0.5, 0.6) is 11.5 Å². The van der Waals surface area contributed by atoms with Crippen molar-refractivity contribution in [2.45, 2.75) is 33.4 Å². The largest absolute Gasteiger partial charge is 0.497 e. The number of nitrogens with zero attached hydrogens (tertiary/aromatic N) is 2. The Kier molecular flexibility index (Phi) is 4.57. The van der Waals surface area contributed by atoms with E-state index in [1.54, 1.807) is 14.2 Å². The van der Waals surface area contributed by atoms with Crippen molar-refractivity contribution in [3.8, 4) is 11.5 Å². The van der Waals surface area contributed by atoms with Gasteiger partial charge in [-0.3, -0.25) is 9.69 Å². The zero-order chi connectivity index (χ0) is 17.3. The predicted molar refractivity (Wildman–Crippen MR) is 91.7 cm³/mol. The molecular weight excluding hydrogens is 306 g/mol. The zero-order valence-corrected chi connectivity index (χ0v) is 14.6. The molecule has 0 radical (unpaired) electrons. The molecule has 1 aliphatic heterocycles. The number of H-pyrrole nitrogens is 1. The van der Waals surface area contributed by atoms with Crippen molar-refractivity contribution in [2.75, 3.05) is 20.8 Å². The molecule has 0 fully saturated rings. The van der Waals surface area contributed by atoms with Gasteiger partial charge in [-0.15, -0.1) is 0 Å². The van der Waals surface area contributed by atoms with Crippen LogP contribution in [0.2, 0.25) is 0 Å². The fraction of sp³-hybridized carbons (Fsp3) is 0.444. The van der Waals surface area contributed by atoms with E-state index in [0.717, 1.165) is 53.4 Å². The first-order valence-electron chi connectivity index (χ1n) is 8.04. The standard InChI is InChI=1S/C18H23N3O3/c1-11-7-13(23-3)8-17(24-4)15(11)9-21-6-5-14-16(10-21)19-12(2)20-18(14)22/h7-8H,5-6,9-10H2,1-4H3,(H,19,20,22). The second-order valence-corrected chi connectivity index (χ2v) is 6.16. The van der Waals surface area contributed by atoms with Gasteiger partial charge in [-0.2, -0.15) is 0 Å². The maximum atomic E-state index is 12.0. The molecule has 1 aliphatic rings. The Morgan fingerprint density at radius 1 is 1.25 bits per heavy atom. The van der Waals surface area contributed by atoms with E-state index in [1.807, 2.05) is 19.1 Å². The minimum atomic E-state index is -0.00430. The molecule has 0 atom stereocenters. The van der Waals surface area contributed by atoms with Crippen LogP contribution in [0.3, 0.4) is 0 Å². The highest BCUT2D eigenvalue weighted by Crippen LogP contribution is 2.30. The van der Waals surface area contributed by atoms with Crippen molar-refractivity contribution in [1.82, 2.24) is 14.9 Å². The summed E-state index contributed by atoms with van der Waals surface area (Å²) in [5.74, 6) is 2.28. The summed E-state index contributed by atoms with van der Waals surface area (Å²) in [7, 11) is 3.33. The second-order valence-electron chi connectivity index (χ2n) is 6.16. The Morgan fingerprint density at radius 3 is 2.75 bits per heavy atom. The van der Waals surface area contributed by atoms with Crippen LogP contribution < -0.4 is 15.0 Å². The quantitative estimate of drug-likeness (QED) is 0.929. The maximum Gasteiger partial charge on any atom is 0.254 e. The monoisotopic (exact) mass is 329 g/mol. The molecule has 0 aliphatic carbocycles. The van der Waals surface area contributed by atoms with Crippen molar-refractivity contribution in [2.24, 2.45) is 0 Å². The van der Waals surface area contributed by atoms with Gasteiger partial charge in [0.15, 0.2) is 0 Å². The predicted octanol–water partition coefficient (Wildman–Crippen LogP) is 1.96. The fourth-order valence-electron chi connectivity index (χ4n) is 3.23. The molecule has 0 bridgehead atoms. The van der Waals surface area contributed by atoms with Gasteiger partial charge in [-0.1, -0.05) is 0 Å². The average molecular weight is 329 g/mol. The number of aromatic nitrogens is 2. The lowest BCUT2D eigenvalue weighted by Crippen LogP contribution is -2.35. The van der Waals surface area contributed by atoms with Crippen LogP contribution in [0, 0.1) is 13.8 Å². The molecule has 0 amide bonds. The molecule has 0 saturated heterocycles. The van der Waals surface area contributed by atoms with Gasteiger partial charge in [0.25, 0.3) is 5.56 Å². The van der Waals surface area contributed by atoms with Gasteiger partial charge >= 0.3 is 0 Å². The number of aryl methyl sites for hydroxylation is 2. The summed E-state index contributed by atoms with van der Waals surface area (Å²) in [6.45, 7) is 6.14. The van der Waals surface area contributed by atoms with E-state index in [-0.39, 0.29) is 5.56 Å². The minimum absolute atomic E-state index is 0.00430. The van der Waals surface area contributed by atoms with Crippen molar-refractivity contribution in [1.29, 1.82) is 0 Å². The number of hydrogen-bond donors (Lipinski definition) is 1. The van der Waals surface area contributed by atoms with Gasteiger partial charge in [0.05, 0.1) is 19.9 Å².